The summed E-state index contributed by atoms with van der Waals surface area (Å²) in [6.07, 6.45) is 13.5. The standard InChI is InChI=1S/C10H12O/c1-10(8-5-9-11)6-3-2-4-7-10/h2-6,8-9H,7H2,1H3. The number of rotatable bonds is 2. The van der Waals surface area contributed by atoms with Crippen LogP contribution < -0.4 is 0 Å². The summed E-state index contributed by atoms with van der Waals surface area (Å²) in [5.41, 5.74) is 0.0513. The third-order valence-corrected chi connectivity index (χ3v) is 1.84. The van der Waals surface area contributed by atoms with Crippen LogP contribution in [0.15, 0.2) is 36.5 Å². The molecule has 0 bridgehead atoms. The Balaban J connectivity index is 2.67. The van der Waals surface area contributed by atoms with E-state index in [1.165, 1.54) is 0 Å². The van der Waals surface area contributed by atoms with E-state index >= 15 is 0 Å². The Morgan fingerprint density at radius 1 is 1.45 bits per heavy atom. The van der Waals surface area contributed by atoms with Gasteiger partial charge in [-0.25, -0.2) is 0 Å². The highest BCUT2D eigenvalue weighted by atomic mass is 16.1. The third kappa shape index (κ3) is 2.19. The second-order valence-corrected chi connectivity index (χ2v) is 2.99. The van der Waals surface area contributed by atoms with E-state index in [0.717, 1.165) is 12.7 Å². The van der Waals surface area contributed by atoms with Gasteiger partial charge in [-0.1, -0.05) is 37.3 Å². The van der Waals surface area contributed by atoms with Crippen LogP contribution in [0, 0.1) is 5.41 Å². The van der Waals surface area contributed by atoms with Crippen LogP contribution in [-0.2, 0) is 4.79 Å². The van der Waals surface area contributed by atoms with E-state index in [0.29, 0.717) is 0 Å². The van der Waals surface area contributed by atoms with E-state index in [9.17, 15) is 4.79 Å². The van der Waals surface area contributed by atoms with Crippen LogP contribution in [0.25, 0.3) is 0 Å². The first-order valence-corrected chi connectivity index (χ1v) is 3.74. The second-order valence-electron chi connectivity index (χ2n) is 2.99. The lowest BCUT2D eigenvalue weighted by atomic mass is 9.83. The normalized spacial score (nSPS) is 29.5. The first-order chi connectivity index (χ1) is 5.27. The highest BCUT2D eigenvalue weighted by Crippen LogP contribution is 2.27. The van der Waals surface area contributed by atoms with Crippen LogP contribution >= 0.6 is 0 Å². The zero-order valence-electron chi connectivity index (χ0n) is 6.66. The molecule has 1 aliphatic rings. The minimum atomic E-state index is 0.0513. The van der Waals surface area contributed by atoms with Crippen molar-refractivity contribution in [1.82, 2.24) is 0 Å². The lowest BCUT2D eigenvalue weighted by molar-refractivity contribution is -0.104. The maximum absolute atomic E-state index is 10.1. The highest BCUT2D eigenvalue weighted by Gasteiger charge is 2.15. The van der Waals surface area contributed by atoms with E-state index in [-0.39, 0.29) is 5.41 Å². The summed E-state index contributed by atoms with van der Waals surface area (Å²) in [5.74, 6) is 0. The van der Waals surface area contributed by atoms with Gasteiger partial charge in [-0.05, 0) is 12.5 Å². The summed E-state index contributed by atoms with van der Waals surface area (Å²) < 4.78 is 0. The van der Waals surface area contributed by atoms with Crippen molar-refractivity contribution in [3.8, 4) is 0 Å². The van der Waals surface area contributed by atoms with Crippen LogP contribution in [0.5, 0.6) is 0 Å². The predicted octanol–water partition coefficient (Wildman–Crippen LogP) is 2.26. The van der Waals surface area contributed by atoms with E-state index in [4.69, 9.17) is 0 Å². The summed E-state index contributed by atoms with van der Waals surface area (Å²) in [7, 11) is 0. The van der Waals surface area contributed by atoms with Gasteiger partial charge in [-0.15, -0.1) is 0 Å². The van der Waals surface area contributed by atoms with Crippen molar-refractivity contribution in [3.63, 3.8) is 0 Å². The average molecular weight is 148 g/mol. The molecular formula is C10H12O. The quantitative estimate of drug-likeness (QED) is 0.433. The lowest BCUT2D eigenvalue weighted by Crippen LogP contribution is -2.09. The zero-order valence-corrected chi connectivity index (χ0v) is 6.66. The Kier molecular flexibility index (Phi) is 2.42. The highest BCUT2D eigenvalue weighted by molar-refractivity contribution is 5.65. The maximum Gasteiger partial charge on any atom is 0.142 e. The van der Waals surface area contributed by atoms with Crippen LogP contribution in [0.4, 0.5) is 0 Å². The molecule has 58 valence electrons. The van der Waals surface area contributed by atoms with E-state index < -0.39 is 0 Å². The fraction of sp³-hybridized carbons (Fsp3) is 0.300. The number of carbonyl (C=O) groups excluding carboxylic acids is 1. The van der Waals surface area contributed by atoms with Gasteiger partial charge in [0.2, 0.25) is 0 Å². The monoisotopic (exact) mass is 148 g/mol. The summed E-state index contributed by atoms with van der Waals surface area (Å²) in [4.78, 5) is 10.1. The minimum absolute atomic E-state index is 0.0513. The maximum atomic E-state index is 10.1. The molecular weight excluding hydrogens is 136 g/mol. The molecule has 1 unspecified atom stereocenters. The molecule has 0 amide bonds. The van der Waals surface area contributed by atoms with Crippen molar-refractivity contribution in [2.75, 3.05) is 0 Å². The summed E-state index contributed by atoms with van der Waals surface area (Å²) in [5, 5.41) is 0. The first-order valence-electron chi connectivity index (χ1n) is 3.74. The smallest absolute Gasteiger partial charge is 0.142 e. The van der Waals surface area contributed by atoms with Gasteiger partial charge in [-0.2, -0.15) is 0 Å². The van der Waals surface area contributed by atoms with Gasteiger partial charge in [0.25, 0.3) is 0 Å². The Labute approximate surface area is 67.1 Å². The number of aldehydes is 1. The molecule has 0 aromatic carbocycles. The van der Waals surface area contributed by atoms with E-state index in [1.807, 2.05) is 18.2 Å². The molecule has 0 saturated carbocycles. The Morgan fingerprint density at radius 2 is 2.27 bits per heavy atom. The average Bonchev–Trinajstić information content (AvgIpc) is 2.03. The van der Waals surface area contributed by atoms with Crippen molar-refractivity contribution in [2.24, 2.45) is 5.41 Å². The molecule has 0 radical (unpaired) electrons. The van der Waals surface area contributed by atoms with Crippen molar-refractivity contribution in [2.45, 2.75) is 13.3 Å². The van der Waals surface area contributed by atoms with Crippen molar-refractivity contribution >= 4 is 6.29 Å². The molecule has 11 heavy (non-hydrogen) atoms. The Morgan fingerprint density at radius 3 is 2.82 bits per heavy atom. The summed E-state index contributed by atoms with van der Waals surface area (Å²) in [6.45, 7) is 2.10. The molecule has 1 atom stereocenters. The van der Waals surface area contributed by atoms with Gasteiger partial charge in [0.1, 0.15) is 6.29 Å². The number of hydrogen-bond donors (Lipinski definition) is 0. The summed E-state index contributed by atoms with van der Waals surface area (Å²) in [6, 6.07) is 0. The van der Waals surface area contributed by atoms with Gasteiger partial charge in [-0.3, -0.25) is 4.79 Å². The van der Waals surface area contributed by atoms with E-state index in [1.54, 1.807) is 6.08 Å². The van der Waals surface area contributed by atoms with Crippen molar-refractivity contribution < 1.29 is 4.79 Å². The zero-order chi connectivity index (χ0) is 8.16. The molecule has 1 rings (SSSR count). The van der Waals surface area contributed by atoms with Gasteiger partial charge in [0.15, 0.2) is 0 Å². The second kappa shape index (κ2) is 3.33. The van der Waals surface area contributed by atoms with Crippen molar-refractivity contribution in [1.29, 1.82) is 0 Å². The van der Waals surface area contributed by atoms with Gasteiger partial charge >= 0.3 is 0 Å². The molecule has 1 heteroatoms. The number of hydrogen-bond acceptors (Lipinski definition) is 1. The van der Waals surface area contributed by atoms with Gasteiger partial charge < -0.3 is 0 Å². The fourth-order valence-electron chi connectivity index (χ4n) is 1.13. The van der Waals surface area contributed by atoms with Crippen LogP contribution in [0.3, 0.4) is 0 Å². The molecule has 0 fully saturated rings. The molecule has 0 N–H and O–H groups in total. The molecule has 0 saturated heterocycles. The van der Waals surface area contributed by atoms with Crippen LogP contribution in [-0.4, -0.2) is 6.29 Å². The van der Waals surface area contributed by atoms with E-state index in [2.05, 4.69) is 19.1 Å². The molecule has 0 spiro atoms. The minimum Gasteiger partial charge on any atom is -0.299 e. The number of allylic oxidation sites excluding steroid dienone is 6. The lowest BCUT2D eigenvalue weighted by Gasteiger charge is -2.21. The number of carbonyl (C=O) groups is 1. The molecule has 1 nitrogen and oxygen atoms in total. The van der Waals surface area contributed by atoms with Crippen LogP contribution in [0.1, 0.15) is 13.3 Å². The van der Waals surface area contributed by atoms with Crippen molar-refractivity contribution in [3.05, 3.63) is 36.5 Å². The molecule has 0 aromatic rings. The van der Waals surface area contributed by atoms with Gasteiger partial charge in [0.05, 0.1) is 0 Å². The Hall–Kier alpha value is -1.11. The largest absolute Gasteiger partial charge is 0.299 e. The Bertz CT molecular complexity index is 223. The van der Waals surface area contributed by atoms with Crippen LogP contribution in [0.2, 0.25) is 0 Å². The predicted molar refractivity (Wildman–Crippen MR) is 46.2 cm³/mol. The first kappa shape index (κ1) is 7.99. The fourth-order valence-corrected chi connectivity index (χ4v) is 1.13. The van der Waals surface area contributed by atoms with Gasteiger partial charge in [0, 0.05) is 5.41 Å². The molecule has 0 aliphatic heterocycles. The SMILES string of the molecule is CC1(C=CC=O)C=CC=CC1. The molecule has 0 heterocycles. The topological polar surface area (TPSA) is 17.1 Å². The third-order valence-electron chi connectivity index (χ3n) is 1.84. The molecule has 1 aliphatic carbocycles. The summed E-state index contributed by atoms with van der Waals surface area (Å²) >= 11 is 0. The molecule has 0 aromatic heterocycles.